The molecule has 9 nitrogen and oxygen atoms in total. The van der Waals surface area contributed by atoms with Crippen molar-refractivity contribution in [2.24, 2.45) is 0 Å². The number of ether oxygens (including phenoxy) is 2. The predicted molar refractivity (Wildman–Crippen MR) is 133 cm³/mol. The number of aliphatic hydroxyl groups is 3. The Labute approximate surface area is 213 Å². The normalized spacial score (nSPS) is 22.8. The molecular weight excluding hydrogens is 555 g/mol. The van der Waals surface area contributed by atoms with Crippen LogP contribution in [0.5, 0.6) is 11.5 Å². The van der Waals surface area contributed by atoms with Crippen LogP contribution in [0.25, 0.3) is 0 Å². The van der Waals surface area contributed by atoms with Crippen LogP contribution in [0.3, 0.4) is 0 Å². The highest BCUT2D eigenvalue weighted by atomic mass is 127. The summed E-state index contributed by atoms with van der Waals surface area (Å²) in [7, 11) is 1.49. The van der Waals surface area contributed by atoms with E-state index in [4.69, 9.17) is 14.6 Å². The number of aliphatic hydroxyl groups excluding tert-OH is 3. The zero-order valence-electron chi connectivity index (χ0n) is 19.5. The van der Waals surface area contributed by atoms with Gasteiger partial charge >= 0.3 is 0 Å². The molecule has 4 N–H and O–H groups in total. The third-order valence-electron chi connectivity index (χ3n) is 6.38. The first-order valence-electron chi connectivity index (χ1n) is 11.5. The molecule has 188 valence electrons. The fourth-order valence-electron chi connectivity index (χ4n) is 4.81. The number of nitrogens with one attached hydrogen (secondary N) is 1. The number of hydrogen-bond acceptors (Lipinski definition) is 7. The van der Waals surface area contributed by atoms with E-state index >= 15 is 0 Å². The van der Waals surface area contributed by atoms with Crippen LogP contribution in [0, 0.1) is 3.57 Å². The van der Waals surface area contributed by atoms with Gasteiger partial charge in [-0.25, -0.2) is 0 Å². The third-order valence-corrected chi connectivity index (χ3v) is 7.18. The van der Waals surface area contributed by atoms with Crippen LogP contribution in [0.4, 0.5) is 0 Å². The van der Waals surface area contributed by atoms with Gasteiger partial charge in [0.25, 0.3) is 0 Å². The minimum atomic E-state index is -1.07. The summed E-state index contributed by atoms with van der Waals surface area (Å²) in [6, 6.07) is 2.79. The summed E-state index contributed by atoms with van der Waals surface area (Å²) in [5.74, 6) is 0.258. The van der Waals surface area contributed by atoms with Gasteiger partial charge in [0.05, 0.1) is 29.9 Å². The summed E-state index contributed by atoms with van der Waals surface area (Å²) >= 11 is 2.07. The molecule has 34 heavy (non-hydrogen) atoms. The van der Waals surface area contributed by atoms with Gasteiger partial charge < -0.3 is 35.0 Å². The van der Waals surface area contributed by atoms with E-state index in [1.54, 1.807) is 23.1 Å². The van der Waals surface area contributed by atoms with Gasteiger partial charge in [-0.15, -0.1) is 0 Å². The second kappa shape index (κ2) is 12.2. The highest BCUT2D eigenvalue weighted by molar-refractivity contribution is 14.1. The van der Waals surface area contributed by atoms with Crippen molar-refractivity contribution in [1.82, 2.24) is 10.2 Å². The van der Waals surface area contributed by atoms with E-state index in [1.165, 1.54) is 14.0 Å². The lowest BCUT2D eigenvalue weighted by atomic mass is 9.87. The van der Waals surface area contributed by atoms with Crippen molar-refractivity contribution in [1.29, 1.82) is 0 Å². The Morgan fingerprint density at radius 3 is 2.53 bits per heavy atom. The third kappa shape index (κ3) is 6.02. The zero-order chi connectivity index (χ0) is 24.8. The molecule has 10 heteroatoms. The number of carbonyl (C=O) groups excluding carboxylic acids is 2. The number of methoxy groups -OCH3 is 1. The second-order valence-electron chi connectivity index (χ2n) is 8.65. The largest absolute Gasteiger partial charge is 0.493 e. The molecule has 0 bridgehead atoms. The molecule has 0 radical (unpaired) electrons. The number of halogens is 1. The van der Waals surface area contributed by atoms with Crippen LogP contribution >= 0.6 is 22.6 Å². The maximum atomic E-state index is 12.8. The van der Waals surface area contributed by atoms with Crippen LogP contribution in [-0.2, 0) is 16.2 Å². The van der Waals surface area contributed by atoms with Gasteiger partial charge in [-0.2, -0.15) is 0 Å². The first kappa shape index (κ1) is 26.7. The molecule has 1 fully saturated rings. The highest BCUT2D eigenvalue weighted by Crippen LogP contribution is 2.38. The van der Waals surface area contributed by atoms with Crippen molar-refractivity contribution in [2.75, 3.05) is 20.3 Å². The van der Waals surface area contributed by atoms with Gasteiger partial charge in [0, 0.05) is 31.5 Å². The van der Waals surface area contributed by atoms with Crippen molar-refractivity contribution < 1.29 is 34.4 Å². The molecule has 2 aliphatic carbocycles. The van der Waals surface area contributed by atoms with Gasteiger partial charge in [-0.05, 0) is 59.2 Å². The minimum absolute atomic E-state index is 0.0103. The average Bonchev–Trinajstić information content (AvgIpc) is 3.34. The van der Waals surface area contributed by atoms with E-state index in [-0.39, 0.29) is 44.0 Å². The molecular formula is C24H33IN2O7. The Bertz CT molecular complexity index is 917. The van der Waals surface area contributed by atoms with Gasteiger partial charge in [0.15, 0.2) is 11.5 Å². The fraction of sp³-hybridized carbons (Fsp3) is 0.583. The Balaban J connectivity index is 1.98. The summed E-state index contributed by atoms with van der Waals surface area (Å²) in [5, 5.41) is 32.7. The van der Waals surface area contributed by atoms with Crippen LogP contribution in [0.1, 0.15) is 44.6 Å². The first-order chi connectivity index (χ1) is 16.3. The summed E-state index contributed by atoms with van der Waals surface area (Å²) in [5.41, 5.74) is 1.04. The summed E-state index contributed by atoms with van der Waals surface area (Å²) < 4.78 is 12.3. The van der Waals surface area contributed by atoms with E-state index in [0.717, 1.165) is 25.7 Å². The number of carbonyl (C=O) groups is 2. The molecule has 0 spiro atoms. The Morgan fingerprint density at radius 2 is 1.94 bits per heavy atom. The van der Waals surface area contributed by atoms with Gasteiger partial charge in [-0.1, -0.05) is 12.8 Å². The van der Waals surface area contributed by atoms with Crippen LogP contribution in [-0.4, -0.2) is 76.6 Å². The molecule has 3 atom stereocenters. The first-order valence-corrected chi connectivity index (χ1v) is 12.6. The van der Waals surface area contributed by atoms with E-state index in [1.807, 2.05) is 0 Å². The monoisotopic (exact) mass is 588 g/mol. The lowest BCUT2D eigenvalue weighted by molar-refractivity contribution is -0.139. The lowest BCUT2D eigenvalue weighted by Crippen LogP contribution is -2.57. The number of rotatable bonds is 9. The van der Waals surface area contributed by atoms with Gasteiger partial charge in [-0.3, -0.25) is 9.59 Å². The van der Waals surface area contributed by atoms with E-state index in [9.17, 15) is 19.8 Å². The van der Waals surface area contributed by atoms with E-state index < -0.39 is 18.2 Å². The highest BCUT2D eigenvalue weighted by Gasteiger charge is 2.42. The van der Waals surface area contributed by atoms with Crippen molar-refractivity contribution >= 4 is 34.4 Å². The van der Waals surface area contributed by atoms with Crippen LogP contribution in [0.2, 0.25) is 0 Å². The van der Waals surface area contributed by atoms with Crippen molar-refractivity contribution in [3.8, 4) is 11.5 Å². The number of benzene rings is 1. The summed E-state index contributed by atoms with van der Waals surface area (Å²) in [6.07, 6.45) is 3.53. The Morgan fingerprint density at radius 1 is 1.24 bits per heavy atom. The van der Waals surface area contributed by atoms with Crippen LogP contribution < -0.4 is 14.8 Å². The molecule has 3 unspecified atom stereocenters. The molecule has 2 aliphatic rings. The van der Waals surface area contributed by atoms with Crippen molar-refractivity contribution in [2.45, 2.75) is 69.9 Å². The van der Waals surface area contributed by atoms with Crippen molar-refractivity contribution in [3.05, 3.63) is 32.9 Å². The molecule has 0 saturated heterocycles. The Hall–Kier alpha value is -1.89. The molecule has 1 saturated carbocycles. The Kier molecular flexibility index (Phi) is 9.57. The smallest absolute Gasteiger partial charge is 0.247 e. The maximum Gasteiger partial charge on any atom is 0.247 e. The predicted octanol–water partition coefficient (Wildman–Crippen LogP) is 1.50. The maximum absolute atomic E-state index is 12.8. The quantitative estimate of drug-likeness (QED) is 0.322. The molecule has 3 rings (SSSR count). The summed E-state index contributed by atoms with van der Waals surface area (Å²) in [6.45, 7) is 1.23. The van der Waals surface area contributed by atoms with Crippen molar-refractivity contribution in [3.63, 3.8) is 0 Å². The van der Waals surface area contributed by atoms with Crippen LogP contribution in [0.15, 0.2) is 23.8 Å². The molecule has 1 aromatic carbocycles. The number of hydrogen-bond donors (Lipinski definition) is 4. The summed E-state index contributed by atoms with van der Waals surface area (Å²) in [4.78, 5) is 27.2. The zero-order valence-corrected chi connectivity index (χ0v) is 21.7. The molecule has 0 aliphatic heterocycles. The molecule has 1 aromatic rings. The molecule has 0 aromatic heterocycles. The SMILES string of the molecule is COc1cc(CO)cc(I)c1OC1C=C(C(=O)NCCO)CC(N(C(C)=O)C2CCCC2)C1O. The lowest BCUT2D eigenvalue weighted by Gasteiger charge is -2.43. The van der Waals surface area contributed by atoms with Gasteiger partial charge in [0.1, 0.15) is 12.2 Å². The molecule has 2 amide bonds. The van der Waals surface area contributed by atoms with E-state index in [2.05, 4.69) is 27.9 Å². The van der Waals surface area contributed by atoms with E-state index in [0.29, 0.717) is 26.2 Å². The number of nitrogens with zero attached hydrogens (tertiary/aromatic N) is 1. The topological polar surface area (TPSA) is 129 Å². The second-order valence-corrected chi connectivity index (χ2v) is 9.81. The standard InChI is InChI=1S/C24H33IN2O7/c1-14(30)27(17-5-3-4-6-17)19-11-16(24(32)26-7-8-28)12-20(22(19)31)34-23-18(25)9-15(13-29)10-21(23)33-2/h9-10,12,17,19-20,22,28-29,31H,3-8,11,13H2,1-2H3,(H,26,32). The minimum Gasteiger partial charge on any atom is -0.493 e. The van der Waals surface area contributed by atoms with Gasteiger partial charge in [0.2, 0.25) is 11.8 Å². The fourth-order valence-corrected chi connectivity index (χ4v) is 5.60. The number of amides is 2. The molecule has 0 heterocycles. The average molecular weight is 588 g/mol.